The number of aryl methyl sites for hydroxylation is 1. The highest BCUT2D eigenvalue weighted by Crippen LogP contribution is 2.28. The maximum absolute atomic E-state index is 6.11. The molecule has 2 heterocycles. The molecule has 0 aromatic carbocycles. The Balaban J connectivity index is 2.51. The highest BCUT2D eigenvalue weighted by atomic mass is 79.9. The summed E-state index contributed by atoms with van der Waals surface area (Å²) in [5.74, 6) is 0.598. The van der Waals surface area contributed by atoms with Gasteiger partial charge in [-0.3, -0.25) is 4.98 Å². The average molecular weight is 391 g/mol. The quantitative estimate of drug-likeness (QED) is 0.714. The van der Waals surface area contributed by atoms with Gasteiger partial charge in [0.25, 0.3) is 0 Å². The molecule has 0 atom stereocenters. The fraction of sp³-hybridized carbons (Fsp3) is 0.250. The van der Waals surface area contributed by atoms with Crippen LogP contribution in [0.4, 0.5) is 0 Å². The second kappa shape index (κ2) is 6.08. The lowest BCUT2D eigenvalue weighted by atomic mass is 10.2. The number of hydrogen-bond acceptors (Lipinski definition) is 3. The molecule has 2 aromatic heterocycles. The Morgan fingerprint density at radius 1 is 1.22 bits per heavy atom. The lowest BCUT2D eigenvalue weighted by Gasteiger charge is -2.07. The zero-order valence-corrected chi connectivity index (χ0v) is 13.5. The Hall–Kier alpha value is -0.520. The first-order valence-corrected chi connectivity index (χ1v) is 7.41. The average Bonchev–Trinajstić information content (AvgIpc) is 2.35. The first-order valence-electron chi connectivity index (χ1n) is 5.44. The predicted molar refractivity (Wildman–Crippen MR) is 79.7 cm³/mol. The molecule has 18 heavy (non-hydrogen) atoms. The molecule has 0 bridgehead atoms. The number of halogens is 3. The van der Waals surface area contributed by atoms with E-state index in [1.54, 1.807) is 12.4 Å². The van der Waals surface area contributed by atoms with Crippen LogP contribution in [0.5, 0.6) is 0 Å². The Morgan fingerprint density at radius 3 is 2.67 bits per heavy atom. The van der Waals surface area contributed by atoms with Gasteiger partial charge in [0.05, 0.1) is 10.2 Å². The second-order valence-electron chi connectivity index (χ2n) is 3.74. The fourth-order valence-electron chi connectivity index (χ4n) is 1.53. The third kappa shape index (κ3) is 3.08. The van der Waals surface area contributed by atoms with Gasteiger partial charge >= 0.3 is 0 Å². The van der Waals surface area contributed by atoms with Gasteiger partial charge in [-0.25, -0.2) is 9.97 Å². The second-order valence-corrected chi connectivity index (χ2v) is 5.81. The van der Waals surface area contributed by atoms with Crippen LogP contribution in [0, 0.1) is 0 Å². The minimum absolute atomic E-state index is 0.434. The van der Waals surface area contributed by atoms with Gasteiger partial charge in [0.1, 0.15) is 5.15 Å². The van der Waals surface area contributed by atoms with Crippen molar-refractivity contribution in [2.45, 2.75) is 19.8 Å². The van der Waals surface area contributed by atoms with Gasteiger partial charge < -0.3 is 0 Å². The summed E-state index contributed by atoms with van der Waals surface area (Å²) < 4.78 is 1.66. The van der Waals surface area contributed by atoms with Crippen LogP contribution in [0.15, 0.2) is 27.4 Å². The summed E-state index contributed by atoms with van der Waals surface area (Å²) in [6.07, 6.45) is 5.30. The largest absolute Gasteiger partial charge is 0.263 e. The predicted octanol–water partition coefficient (Wildman–Crippen LogP) is 4.67. The lowest BCUT2D eigenvalue weighted by molar-refractivity contribution is 0.868. The number of rotatable bonds is 3. The number of hydrogen-bond donors (Lipinski definition) is 0. The van der Waals surface area contributed by atoms with Crippen LogP contribution in [0.2, 0.25) is 5.15 Å². The maximum atomic E-state index is 6.11. The van der Waals surface area contributed by atoms with Crippen LogP contribution >= 0.6 is 43.5 Å². The SMILES string of the molecule is CCCc1nc(-c2cncc(Br)c2)nc(Cl)c1Br. The molecule has 0 radical (unpaired) electrons. The number of aromatic nitrogens is 3. The van der Waals surface area contributed by atoms with E-state index < -0.39 is 0 Å². The van der Waals surface area contributed by atoms with E-state index in [1.807, 2.05) is 6.07 Å². The van der Waals surface area contributed by atoms with Gasteiger partial charge in [-0.05, 0) is 44.3 Å². The standard InChI is InChI=1S/C12H10Br2ClN3/c1-2-3-9-10(14)11(15)18-12(17-9)7-4-8(13)6-16-5-7/h4-6H,2-3H2,1H3. The van der Waals surface area contributed by atoms with Gasteiger partial charge in [0.15, 0.2) is 5.82 Å². The zero-order valence-electron chi connectivity index (χ0n) is 9.62. The summed E-state index contributed by atoms with van der Waals surface area (Å²) in [6, 6.07) is 1.92. The molecule has 0 aliphatic heterocycles. The molecular formula is C12H10Br2ClN3. The number of nitrogens with zero attached hydrogens (tertiary/aromatic N) is 3. The van der Waals surface area contributed by atoms with E-state index in [4.69, 9.17) is 11.6 Å². The minimum atomic E-state index is 0.434. The maximum Gasteiger partial charge on any atom is 0.162 e. The molecule has 0 saturated carbocycles. The van der Waals surface area contributed by atoms with Crippen molar-refractivity contribution >= 4 is 43.5 Å². The van der Waals surface area contributed by atoms with Gasteiger partial charge in [0.2, 0.25) is 0 Å². The monoisotopic (exact) mass is 389 g/mol. The van der Waals surface area contributed by atoms with Crippen molar-refractivity contribution in [1.29, 1.82) is 0 Å². The Kier molecular flexibility index (Phi) is 4.70. The van der Waals surface area contributed by atoms with E-state index in [9.17, 15) is 0 Å². The highest BCUT2D eigenvalue weighted by Gasteiger charge is 2.12. The molecule has 6 heteroatoms. The van der Waals surface area contributed by atoms with Crippen LogP contribution in [-0.4, -0.2) is 15.0 Å². The minimum Gasteiger partial charge on any atom is -0.263 e. The van der Waals surface area contributed by atoms with Crippen LogP contribution < -0.4 is 0 Å². The highest BCUT2D eigenvalue weighted by molar-refractivity contribution is 9.10. The molecule has 0 N–H and O–H groups in total. The normalized spacial score (nSPS) is 10.7. The van der Waals surface area contributed by atoms with Crippen LogP contribution in [-0.2, 0) is 6.42 Å². The summed E-state index contributed by atoms with van der Waals surface area (Å²) in [5, 5.41) is 0.434. The smallest absolute Gasteiger partial charge is 0.162 e. The van der Waals surface area contributed by atoms with E-state index in [0.29, 0.717) is 11.0 Å². The molecule has 94 valence electrons. The third-order valence-corrected chi connectivity index (χ3v) is 4.10. The van der Waals surface area contributed by atoms with Crippen molar-refractivity contribution in [3.63, 3.8) is 0 Å². The molecule has 0 aliphatic rings. The first-order chi connectivity index (χ1) is 8.61. The molecule has 0 aliphatic carbocycles. The fourth-order valence-corrected chi connectivity index (χ4v) is 2.46. The van der Waals surface area contributed by atoms with Crippen LogP contribution in [0.1, 0.15) is 19.0 Å². The Bertz CT molecular complexity index is 575. The molecule has 0 fully saturated rings. The summed E-state index contributed by atoms with van der Waals surface area (Å²) in [4.78, 5) is 12.9. The van der Waals surface area contributed by atoms with E-state index in [-0.39, 0.29) is 0 Å². The molecule has 2 rings (SSSR count). The van der Waals surface area contributed by atoms with Gasteiger partial charge in [-0.2, -0.15) is 0 Å². The molecule has 2 aromatic rings. The Labute approximate surface area is 127 Å². The summed E-state index contributed by atoms with van der Waals surface area (Å²) >= 11 is 12.9. The van der Waals surface area contributed by atoms with Crippen molar-refractivity contribution in [3.05, 3.63) is 38.3 Å². The number of pyridine rings is 1. The first kappa shape index (κ1) is 13.9. The molecular weight excluding hydrogens is 381 g/mol. The van der Waals surface area contributed by atoms with Crippen molar-refractivity contribution < 1.29 is 0 Å². The lowest BCUT2D eigenvalue weighted by Crippen LogP contribution is -1.98. The molecule has 3 nitrogen and oxygen atoms in total. The van der Waals surface area contributed by atoms with Gasteiger partial charge in [-0.15, -0.1) is 0 Å². The molecule has 0 spiro atoms. The molecule has 0 unspecified atom stereocenters. The van der Waals surface area contributed by atoms with E-state index >= 15 is 0 Å². The summed E-state index contributed by atoms with van der Waals surface area (Å²) in [5.41, 5.74) is 1.77. The van der Waals surface area contributed by atoms with E-state index in [2.05, 4.69) is 53.7 Å². The summed E-state index contributed by atoms with van der Waals surface area (Å²) in [6.45, 7) is 2.10. The van der Waals surface area contributed by atoms with Crippen molar-refractivity contribution in [1.82, 2.24) is 15.0 Å². The van der Waals surface area contributed by atoms with Crippen molar-refractivity contribution in [2.24, 2.45) is 0 Å². The van der Waals surface area contributed by atoms with Crippen molar-refractivity contribution in [2.75, 3.05) is 0 Å². The van der Waals surface area contributed by atoms with Gasteiger partial charge in [-0.1, -0.05) is 24.9 Å². The summed E-state index contributed by atoms with van der Waals surface area (Å²) in [7, 11) is 0. The topological polar surface area (TPSA) is 38.7 Å². The van der Waals surface area contributed by atoms with Crippen LogP contribution in [0.25, 0.3) is 11.4 Å². The third-order valence-electron chi connectivity index (χ3n) is 2.33. The van der Waals surface area contributed by atoms with Crippen molar-refractivity contribution in [3.8, 4) is 11.4 Å². The van der Waals surface area contributed by atoms with E-state index in [1.165, 1.54) is 0 Å². The molecule has 0 saturated heterocycles. The van der Waals surface area contributed by atoms with Gasteiger partial charge in [0, 0.05) is 22.4 Å². The Morgan fingerprint density at radius 2 is 2.00 bits per heavy atom. The van der Waals surface area contributed by atoms with E-state index in [0.717, 1.165) is 33.0 Å². The van der Waals surface area contributed by atoms with Crippen LogP contribution in [0.3, 0.4) is 0 Å². The molecule has 0 amide bonds. The zero-order chi connectivity index (χ0) is 13.1.